The number of nitrogens with one attached hydrogen (secondary N) is 2. The lowest BCUT2D eigenvalue weighted by Gasteiger charge is -2.08. The third kappa shape index (κ3) is 6.15. The van der Waals surface area contributed by atoms with E-state index in [0.29, 0.717) is 6.61 Å². The second-order valence-corrected chi connectivity index (χ2v) is 5.60. The Morgan fingerprint density at radius 1 is 1.62 bits per heavy atom. The fourth-order valence-corrected chi connectivity index (χ4v) is 2.30. The molecule has 1 atom stereocenters. The number of hydrogen-bond acceptors (Lipinski definition) is 6. The van der Waals surface area contributed by atoms with Crippen LogP contribution in [0.2, 0.25) is 0 Å². The number of H-pyrrole nitrogens is 1. The molecule has 1 saturated heterocycles. The van der Waals surface area contributed by atoms with Crippen LogP contribution in [0.3, 0.4) is 0 Å². The number of aliphatic imine (C=N–C) groups is 1. The molecule has 1 aromatic rings. The van der Waals surface area contributed by atoms with Crippen molar-refractivity contribution >= 4 is 17.4 Å². The van der Waals surface area contributed by atoms with Crippen LogP contribution in [0.1, 0.15) is 24.6 Å². The molecule has 0 aromatic carbocycles. The summed E-state index contributed by atoms with van der Waals surface area (Å²) >= 11 is 0. The number of halogens is 3. The van der Waals surface area contributed by atoms with E-state index >= 15 is 0 Å². The summed E-state index contributed by atoms with van der Waals surface area (Å²) in [5.41, 5.74) is 6.19. The number of nitrogens with zero attached hydrogens (tertiary/aromatic N) is 2. The summed E-state index contributed by atoms with van der Waals surface area (Å²) < 4.78 is 46.0. The number of alkyl halides is 3. The van der Waals surface area contributed by atoms with E-state index in [-0.39, 0.29) is 23.3 Å². The van der Waals surface area contributed by atoms with Gasteiger partial charge < -0.3 is 20.5 Å². The van der Waals surface area contributed by atoms with Crippen LogP contribution in [0.5, 0.6) is 0 Å². The van der Waals surface area contributed by atoms with Crippen LogP contribution in [0.15, 0.2) is 22.8 Å². The van der Waals surface area contributed by atoms with E-state index in [4.69, 9.17) is 10.5 Å². The maximum Gasteiger partial charge on any atom is 0.411 e. The molecule has 0 unspecified atom stereocenters. The SMILES string of the molecule is CN=C(/C=C(\N)COCC(F)(F)F)C(=O)Nc1cc([C@H]2CCCO2)[nH]n1. The van der Waals surface area contributed by atoms with Crippen LogP contribution in [0.4, 0.5) is 19.0 Å². The first-order valence-electron chi connectivity index (χ1n) is 7.84. The van der Waals surface area contributed by atoms with E-state index in [0.717, 1.165) is 24.6 Å². The van der Waals surface area contributed by atoms with Gasteiger partial charge in [-0.2, -0.15) is 18.3 Å². The van der Waals surface area contributed by atoms with Gasteiger partial charge in [0, 0.05) is 25.4 Å². The highest BCUT2D eigenvalue weighted by Crippen LogP contribution is 2.28. The van der Waals surface area contributed by atoms with E-state index in [1.54, 1.807) is 6.07 Å². The van der Waals surface area contributed by atoms with Crippen molar-refractivity contribution in [3.8, 4) is 0 Å². The third-order valence-electron chi connectivity index (χ3n) is 3.45. The first-order chi connectivity index (χ1) is 12.3. The predicted octanol–water partition coefficient (Wildman–Crippen LogP) is 1.69. The van der Waals surface area contributed by atoms with Gasteiger partial charge in [0.25, 0.3) is 5.91 Å². The van der Waals surface area contributed by atoms with E-state index < -0.39 is 25.3 Å². The summed E-state index contributed by atoms with van der Waals surface area (Å²) in [6.07, 6.45) is -1.54. The average Bonchev–Trinajstić information content (AvgIpc) is 3.22. The Hall–Kier alpha value is -2.40. The highest BCUT2D eigenvalue weighted by Gasteiger charge is 2.27. The topological polar surface area (TPSA) is 115 Å². The number of aromatic amines is 1. The van der Waals surface area contributed by atoms with Crippen LogP contribution in [-0.4, -0.2) is 54.9 Å². The van der Waals surface area contributed by atoms with Crippen molar-refractivity contribution in [1.82, 2.24) is 10.2 Å². The molecule has 0 saturated carbocycles. The molecule has 1 fully saturated rings. The molecular formula is C15H20F3N5O3. The number of nitrogens with two attached hydrogens (primary N) is 1. The Balaban J connectivity index is 1.90. The van der Waals surface area contributed by atoms with E-state index in [9.17, 15) is 18.0 Å². The number of rotatable bonds is 7. The number of aromatic nitrogens is 2. The molecule has 1 amide bonds. The van der Waals surface area contributed by atoms with Crippen LogP contribution in [-0.2, 0) is 14.3 Å². The zero-order chi connectivity index (χ0) is 19.2. The third-order valence-corrected chi connectivity index (χ3v) is 3.45. The number of anilines is 1. The molecule has 2 rings (SSSR count). The van der Waals surface area contributed by atoms with Crippen LogP contribution in [0, 0.1) is 0 Å². The minimum absolute atomic E-state index is 0.0629. The van der Waals surface area contributed by atoms with Gasteiger partial charge >= 0.3 is 6.18 Å². The molecule has 1 aromatic heterocycles. The molecule has 0 aliphatic carbocycles. The van der Waals surface area contributed by atoms with E-state index in [2.05, 4.69) is 25.2 Å². The molecule has 4 N–H and O–H groups in total. The summed E-state index contributed by atoms with van der Waals surface area (Å²) in [7, 11) is 1.36. The van der Waals surface area contributed by atoms with Crippen molar-refractivity contribution in [2.75, 3.05) is 32.2 Å². The Kier molecular flexibility index (Phi) is 6.75. The molecule has 0 radical (unpaired) electrons. The van der Waals surface area contributed by atoms with E-state index in [1.165, 1.54) is 7.05 Å². The molecule has 1 aliphatic rings. The van der Waals surface area contributed by atoms with Gasteiger partial charge in [-0.05, 0) is 18.9 Å². The van der Waals surface area contributed by atoms with Crippen molar-refractivity contribution in [2.45, 2.75) is 25.1 Å². The molecule has 0 spiro atoms. The molecule has 8 nitrogen and oxygen atoms in total. The van der Waals surface area contributed by atoms with Gasteiger partial charge in [0.05, 0.1) is 18.4 Å². The number of carbonyl (C=O) groups excluding carboxylic acids is 1. The second kappa shape index (κ2) is 8.81. The Labute approximate surface area is 147 Å². The zero-order valence-corrected chi connectivity index (χ0v) is 14.1. The predicted molar refractivity (Wildman–Crippen MR) is 87.6 cm³/mol. The summed E-state index contributed by atoms with van der Waals surface area (Å²) in [5.74, 6) is -0.321. The molecule has 11 heteroatoms. The first-order valence-corrected chi connectivity index (χ1v) is 7.84. The fraction of sp³-hybridized carbons (Fsp3) is 0.533. The maximum absolute atomic E-state index is 12.2. The van der Waals surface area contributed by atoms with Gasteiger partial charge in [-0.15, -0.1) is 0 Å². The monoisotopic (exact) mass is 375 g/mol. The van der Waals surface area contributed by atoms with Gasteiger partial charge in [0.15, 0.2) is 5.82 Å². The average molecular weight is 375 g/mol. The van der Waals surface area contributed by atoms with Gasteiger partial charge in [-0.1, -0.05) is 0 Å². The second-order valence-electron chi connectivity index (χ2n) is 5.60. The van der Waals surface area contributed by atoms with Gasteiger partial charge in [0.2, 0.25) is 0 Å². The van der Waals surface area contributed by atoms with Gasteiger partial charge in [0.1, 0.15) is 12.3 Å². The van der Waals surface area contributed by atoms with Crippen LogP contribution < -0.4 is 11.1 Å². The Bertz CT molecular complexity index is 678. The summed E-state index contributed by atoms with van der Waals surface area (Å²) in [4.78, 5) is 16.0. The number of hydrogen-bond donors (Lipinski definition) is 3. The normalized spacial score (nSPS) is 19.0. The Morgan fingerprint density at radius 2 is 2.38 bits per heavy atom. The van der Waals surface area contributed by atoms with Gasteiger partial charge in [-0.25, -0.2) is 0 Å². The maximum atomic E-state index is 12.2. The molecule has 0 bridgehead atoms. The minimum Gasteiger partial charge on any atom is -0.400 e. The van der Waals surface area contributed by atoms with E-state index in [1.807, 2.05) is 0 Å². The minimum atomic E-state index is -4.44. The number of ether oxygens (including phenoxy) is 2. The van der Waals surface area contributed by atoms with Crippen molar-refractivity contribution in [2.24, 2.45) is 10.7 Å². The van der Waals surface area contributed by atoms with Gasteiger partial charge in [-0.3, -0.25) is 14.9 Å². The summed E-state index contributed by atoms with van der Waals surface area (Å²) in [6.45, 7) is -1.22. The standard InChI is InChI=1S/C15H20F3N5O3/c1-20-11(5-9(19)7-25-8-15(16,17)18)14(24)21-13-6-10(22-23-13)12-3-2-4-26-12/h5-6,12H,2-4,7-8,19H2,1H3,(H2,21,22,23,24)/b9-5-,20-11?/t12-/m1/s1. The molecule has 2 heterocycles. The van der Waals surface area contributed by atoms with Crippen LogP contribution >= 0.6 is 0 Å². The summed E-state index contributed by atoms with van der Waals surface area (Å²) in [6, 6.07) is 1.65. The largest absolute Gasteiger partial charge is 0.411 e. The molecule has 144 valence electrons. The highest BCUT2D eigenvalue weighted by molar-refractivity contribution is 6.47. The quantitative estimate of drug-likeness (QED) is 0.628. The molecular weight excluding hydrogens is 355 g/mol. The summed E-state index contributed by atoms with van der Waals surface area (Å²) in [5, 5.41) is 9.31. The van der Waals surface area contributed by atoms with Crippen molar-refractivity contribution < 1.29 is 27.4 Å². The molecule has 26 heavy (non-hydrogen) atoms. The number of amides is 1. The van der Waals surface area contributed by atoms with Crippen molar-refractivity contribution in [1.29, 1.82) is 0 Å². The Morgan fingerprint density at radius 3 is 3.00 bits per heavy atom. The van der Waals surface area contributed by atoms with Crippen molar-refractivity contribution in [3.05, 3.63) is 23.5 Å². The lowest BCUT2D eigenvalue weighted by molar-refractivity contribution is -0.171. The van der Waals surface area contributed by atoms with Crippen LogP contribution in [0.25, 0.3) is 0 Å². The highest BCUT2D eigenvalue weighted by atomic mass is 19.4. The lowest BCUT2D eigenvalue weighted by atomic mass is 10.2. The van der Waals surface area contributed by atoms with Crippen molar-refractivity contribution in [3.63, 3.8) is 0 Å². The first kappa shape index (κ1) is 19.9. The number of carbonyl (C=O) groups is 1. The smallest absolute Gasteiger partial charge is 0.400 e. The molecule has 1 aliphatic heterocycles. The lowest BCUT2D eigenvalue weighted by Crippen LogP contribution is -2.24. The fourth-order valence-electron chi connectivity index (χ4n) is 2.30. The zero-order valence-electron chi connectivity index (χ0n) is 14.1.